The second-order valence-electron chi connectivity index (χ2n) is 6.47. The molecule has 0 aliphatic carbocycles. The van der Waals surface area contributed by atoms with Crippen LogP contribution in [-0.4, -0.2) is 58.7 Å². The summed E-state index contributed by atoms with van der Waals surface area (Å²) in [7, 11) is -2.33. The van der Waals surface area contributed by atoms with Crippen molar-refractivity contribution < 1.29 is 27.4 Å². The quantitative estimate of drug-likeness (QED) is 0.737. The van der Waals surface area contributed by atoms with Gasteiger partial charge in [0.25, 0.3) is 15.9 Å². The van der Waals surface area contributed by atoms with E-state index in [9.17, 15) is 13.2 Å². The number of carbonyl (C=O) groups excluding carboxylic acids is 1. The lowest BCUT2D eigenvalue weighted by Gasteiger charge is -2.29. The van der Waals surface area contributed by atoms with E-state index >= 15 is 0 Å². The minimum absolute atomic E-state index is 0.0721. The Balaban J connectivity index is 1.66. The van der Waals surface area contributed by atoms with E-state index in [-0.39, 0.29) is 10.8 Å². The Bertz CT molecular complexity index is 940. The number of hydrogen-bond acceptors (Lipinski definition) is 6. The SMILES string of the molecule is COc1ccccc1NS(=O)(=O)c1ccc(O[C@H](C)C(=O)N2CCOCC2)cc1. The van der Waals surface area contributed by atoms with Crippen molar-refractivity contribution in [2.75, 3.05) is 38.1 Å². The van der Waals surface area contributed by atoms with E-state index in [2.05, 4.69) is 4.72 Å². The molecule has 9 heteroatoms. The largest absolute Gasteiger partial charge is 0.495 e. The van der Waals surface area contributed by atoms with Gasteiger partial charge in [0.05, 0.1) is 30.9 Å². The van der Waals surface area contributed by atoms with Crippen LogP contribution < -0.4 is 14.2 Å². The smallest absolute Gasteiger partial charge is 0.263 e. The Kier molecular flexibility index (Phi) is 6.60. The number of carbonyl (C=O) groups is 1. The van der Waals surface area contributed by atoms with E-state index in [4.69, 9.17) is 14.2 Å². The molecular weight excluding hydrogens is 396 g/mol. The molecule has 0 saturated carbocycles. The first-order valence-corrected chi connectivity index (χ1v) is 10.7. The summed E-state index contributed by atoms with van der Waals surface area (Å²) in [6.45, 7) is 3.79. The second-order valence-corrected chi connectivity index (χ2v) is 8.16. The molecule has 1 amide bonds. The zero-order valence-corrected chi connectivity index (χ0v) is 17.1. The fourth-order valence-electron chi connectivity index (χ4n) is 2.93. The number of sulfonamides is 1. The Labute approximate surface area is 170 Å². The topological polar surface area (TPSA) is 94.2 Å². The van der Waals surface area contributed by atoms with Crippen LogP contribution in [0.5, 0.6) is 11.5 Å². The maximum Gasteiger partial charge on any atom is 0.263 e. The number of benzene rings is 2. The predicted octanol–water partition coefficient (Wildman–Crippen LogP) is 2.12. The molecule has 0 unspecified atom stereocenters. The number of hydrogen-bond donors (Lipinski definition) is 1. The van der Waals surface area contributed by atoms with Gasteiger partial charge in [-0.2, -0.15) is 0 Å². The molecule has 156 valence electrons. The molecule has 1 saturated heterocycles. The van der Waals surface area contributed by atoms with Crippen molar-refractivity contribution in [1.29, 1.82) is 0 Å². The zero-order chi connectivity index (χ0) is 20.9. The lowest BCUT2D eigenvalue weighted by atomic mass is 10.3. The number of amides is 1. The van der Waals surface area contributed by atoms with E-state index in [1.165, 1.54) is 31.4 Å². The van der Waals surface area contributed by atoms with Gasteiger partial charge in [-0.05, 0) is 43.3 Å². The number of nitrogens with one attached hydrogen (secondary N) is 1. The summed E-state index contributed by atoms with van der Waals surface area (Å²) in [5.74, 6) is 0.713. The van der Waals surface area contributed by atoms with Crippen LogP contribution in [0.25, 0.3) is 0 Å². The fourth-order valence-corrected chi connectivity index (χ4v) is 4.00. The van der Waals surface area contributed by atoms with Crippen molar-refractivity contribution in [3.63, 3.8) is 0 Å². The lowest BCUT2D eigenvalue weighted by Crippen LogP contribution is -2.46. The normalized spacial score (nSPS) is 15.4. The first kappa shape index (κ1) is 20.9. The lowest BCUT2D eigenvalue weighted by molar-refractivity contribution is -0.142. The van der Waals surface area contributed by atoms with Crippen molar-refractivity contribution in [3.05, 3.63) is 48.5 Å². The van der Waals surface area contributed by atoms with Gasteiger partial charge in [-0.15, -0.1) is 0 Å². The van der Waals surface area contributed by atoms with Crippen LogP contribution in [0.2, 0.25) is 0 Å². The summed E-state index contributed by atoms with van der Waals surface area (Å²) in [6, 6.07) is 12.7. The van der Waals surface area contributed by atoms with Gasteiger partial charge < -0.3 is 19.1 Å². The average Bonchev–Trinajstić information content (AvgIpc) is 2.74. The van der Waals surface area contributed by atoms with Crippen LogP contribution >= 0.6 is 0 Å². The fraction of sp³-hybridized carbons (Fsp3) is 0.350. The molecular formula is C20H24N2O6S. The Morgan fingerprint density at radius 2 is 1.76 bits per heavy atom. The maximum absolute atomic E-state index is 12.6. The summed E-state index contributed by atoms with van der Waals surface area (Å²) in [6.07, 6.45) is -0.678. The summed E-state index contributed by atoms with van der Waals surface area (Å²) >= 11 is 0. The third kappa shape index (κ3) is 5.18. The molecule has 0 radical (unpaired) electrons. The highest BCUT2D eigenvalue weighted by Gasteiger charge is 2.24. The molecule has 1 aliphatic heterocycles. The molecule has 0 bridgehead atoms. The van der Waals surface area contributed by atoms with Crippen LogP contribution in [0.15, 0.2) is 53.4 Å². The zero-order valence-electron chi connectivity index (χ0n) is 16.3. The van der Waals surface area contributed by atoms with E-state index in [0.717, 1.165) is 0 Å². The van der Waals surface area contributed by atoms with Gasteiger partial charge in [-0.1, -0.05) is 12.1 Å². The van der Waals surface area contributed by atoms with Gasteiger partial charge in [-0.25, -0.2) is 8.42 Å². The Morgan fingerprint density at radius 1 is 1.10 bits per heavy atom. The summed E-state index contributed by atoms with van der Waals surface area (Å²) in [5, 5.41) is 0. The van der Waals surface area contributed by atoms with Crippen molar-refractivity contribution in [3.8, 4) is 11.5 Å². The molecule has 1 heterocycles. The molecule has 1 fully saturated rings. The van der Waals surface area contributed by atoms with Crippen molar-refractivity contribution >= 4 is 21.6 Å². The third-order valence-corrected chi connectivity index (χ3v) is 5.85. The highest BCUT2D eigenvalue weighted by Crippen LogP contribution is 2.27. The molecule has 1 aliphatic rings. The van der Waals surface area contributed by atoms with Crippen LogP contribution in [0.3, 0.4) is 0 Å². The number of nitrogens with zero attached hydrogens (tertiary/aromatic N) is 1. The standard InChI is InChI=1S/C20H24N2O6S/c1-15(20(23)22-11-13-27-14-12-22)28-16-7-9-17(10-8-16)29(24,25)21-18-5-3-4-6-19(18)26-2/h3-10,15,21H,11-14H2,1-2H3/t15-/m1/s1. The first-order valence-electron chi connectivity index (χ1n) is 9.20. The molecule has 2 aromatic rings. The number of para-hydroxylation sites is 2. The third-order valence-electron chi connectivity index (χ3n) is 4.47. The number of ether oxygens (including phenoxy) is 3. The van der Waals surface area contributed by atoms with Crippen LogP contribution in [0, 0.1) is 0 Å². The van der Waals surface area contributed by atoms with Crippen LogP contribution in [-0.2, 0) is 19.6 Å². The molecule has 2 aromatic carbocycles. The molecule has 0 spiro atoms. The molecule has 3 rings (SSSR count). The van der Waals surface area contributed by atoms with Crippen molar-refractivity contribution in [2.45, 2.75) is 17.9 Å². The van der Waals surface area contributed by atoms with E-state index in [1.807, 2.05) is 0 Å². The summed E-state index contributed by atoms with van der Waals surface area (Å²) in [5.41, 5.74) is 0.347. The Morgan fingerprint density at radius 3 is 2.41 bits per heavy atom. The van der Waals surface area contributed by atoms with Gasteiger partial charge >= 0.3 is 0 Å². The van der Waals surface area contributed by atoms with Crippen LogP contribution in [0.1, 0.15) is 6.92 Å². The minimum Gasteiger partial charge on any atom is -0.495 e. The van der Waals surface area contributed by atoms with Crippen molar-refractivity contribution in [2.24, 2.45) is 0 Å². The van der Waals surface area contributed by atoms with Gasteiger partial charge in [0.15, 0.2) is 6.10 Å². The predicted molar refractivity (Wildman–Crippen MR) is 108 cm³/mol. The van der Waals surface area contributed by atoms with Crippen LogP contribution in [0.4, 0.5) is 5.69 Å². The molecule has 0 aromatic heterocycles. The molecule has 29 heavy (non-hydrogen) atoms. The maximum atomic E-state index is 12.6. The minimum atomic E-state index is -3.80. The highest BCUT2D eigenvalue weighted by atomic mass is 32.2. The van der Waals surface area contributed by atoms with Gasteiger partial charge in [0, 0.05) is 13.1 Å². The van der Waals surface area contributed by atoms with Gasteiger partial charge in [0.1, 0.15) is 11.5 Å². The number of morpholine rings is 1. The van der Waals surface area contributed by atoms with Gasteiger partial charge in [-0.3, -0.25) is 9.52 Å². The summed E-state index contributed by atoms with van der Waals surface area (Å²) in [4.78, 5) is 14.2. The molecule has 1 N–H and O–H groups in total. The van der Waals surface area contributed by atoms with Crippen molar-refractivity contribution in [1.82, 2.24) is 4.90 Å². The first-order chi connectivity index (χ1) is 13.9. The van der Waals surface area contributed by atoms with E-state index < -0.39 is 16.1 Å². The highest BCUT2D eigenvalue weighted by molar-refractivity contribution is 7.92. The average molecular weight is 420 g/mol. The molecule has 1 atom stereocenters. The number of anilines is 1. The summed E-state index contributed by atoms with van der Waals surface area (Å²) < 4.78 is 43.9. The van der Waals surface area contributed by atoms with E-state index in [1.54, 1.807) is 36.1 Å². The monoisotopic (exact) mass is 420 g/mol. The number of rotatable bonds is 7. The number of methoxy groups -OCH3 is 1. The second kappa shape index (κ2) is 9.15. The molecule has 8 nitrogen and oxygen atoms in total. The van der Waals surface area contributed by atoms with Gasteiger partial charge in [0.2, 0.25) is 0 Å². The van der Waals surface area contributed by atoms with E-state index in [0.29, 0.717) is 43.5 Å². The Hall–Kier alpha value is -2.78.